The van der Waals surface area contributed by atoms with Crippen molar-refractivity contribution in [2.45, 2.75) is 26.3 Å². The largest absolute Gasteiger partial charge is 0.454 e. The number of rotatable bonds is 8. The normalized spacial score (nSPS) is 11.6. The van der Waals surface area contributed by atoms with Gasteiger partial charge in [-0.05, 0) is 54.8 Å². The Balaban J connectivity index is 1.94. The molecule has 0 aliphatic heterocycles. The third kappa shape index (κ3) is 7.54. The highest BCUT2D eigenvalue weighted by Crippen LogP contribution is 2.12. The zero-order valence-corrected chi connectivity index (χ0v) is 16.8. The van der Waals surface area contributed by atoms with Gasteiger partial charge in [0.05, 0.1) is 0 Å². The fourth-order valence-corrected chi connectivity index (χ4v) is 2.65. The van der Waals surface area contributed by atoms with Crippen LogP contribution in [0.2, 0.25) is 5.02 Å². The first-order valence-corrected chi connectivity index (χ1v) is 9.41. The van der Waals surface area contributed by atoms with Crippen LogP contribution in [0.25, 0.3) is 0 Å². The first-order valence-electron chi connectivity index (χ1n) is 9.03. The summed E-state index contributed by atoms with van der Waals surface area (Å²) in [5.41, 5.74) is 0.598. The van der Waals surface area contributed by atoms with Gasteiger partial charge in [-0.2, -0.15) is 0 Å². The van der Waals surface area contributed by atoms with E-state index >= 15 is 0 Å². The van der Waals surface area contributed by atoms with Crippen molar-refractivity contribution in [1.29, 1.82) is 0 Å². The fraction of sp³-hybridized carbons (Fsp3) is 0.286. The van der Waals surface area contributed by atoms with Gasteiger partial charge >= 0.3 is 5.97 Å². The third-order valence-electron chi connectivity index (χ3n) is 3.86. The number of carbonyl (C=O) groups is 3. The molecule has 0 heterocycles. The van der Waals surface area contributed by atoms with Crippen molar-refractivity contribution in [3.05, 3.63) is 64.9 Å². The van der Waals surface area contributed by atoms with Gasteiger partial charge in [-0.1, -0.05) is 31.5 Å². The minimum absolute atomic E-state index is 0.0965. The number of hydrogen-bond acceptors (Lipinski definition) is 4. The molecule has 2 aromatic rings. The maximum Gasteiger partial charge on any atom is 0.329 e. The van der Waals surface area contributed by atoms with E-state index in [0.29, 0.717) is 17.0 Å². The van der Waals surface area contributed by atoms with Crippen molar-refractivity contribution in [2.24, 2.45) is 5.92 Å². The van der Waals surface area contributed by atoms with Crippen LogP contribution < -0.4 is 10.6 Å². The van der Waals surface area contributed by atoms with Crippen LogP contribution in [-0.2, 0) is 14.3 Å². The number of hydrogen-bond donors (Lipinski definition) is 2. The third-order valence-corrected chi connectivity index (χ3v) is 4.11. The zero-order chi connectivity index (χ0) is 21.4. The Labute approximate surface area is 173 Å². The molecule has 2 N–H and O–H groups in total. The highest BCUT2D eigenvalue weighted by molar-refractivity contribution is 6.30. The van der Waals surface area contributed by atoms with Gasteiger partial charge in [-0.15, -0.1) is 0 Å². The molecule has 2 amide bonds. The van der Waals surface area contributed by atoms with Gasteiger partial charge in [0.15, 0.2) is 6.61 Å². The van der Waals surface area contributed by atoms with Gasteiger partial charge < -0.3 is 15.4 Å². The van der Waals surface area contributed by atoms with Crippen molar-refractivity contribution in [3.8, 4) is 0 Å². The predicted octanol–water partition coefficient (Wildman–Crippen LogP) is 3.81. The molecule has 6 nitrogen and oxygen atoms in total. The van der Waals surface area contributed by atoms with E-state index in [4.69, 9.17) is 16.3 Å². The van der Waals surface area contributed by atoms with E-state index in [1.54, 1.807) is 24.3 Å². The molecule has 0 fully saturated rings. The predicted molar refractivity (Wildman–Crippen MR) is 108 cm³/mol. The molecule has 29 heavy (non-hydrogen) atoms. The van der Waals surface area contributed by atoms with E-state index in [1.165, 1.54) is 18.2 Å². The average molecular weight is 421 g/mol. The van der Waals surface area contributed by atoms with Crippen LogP contribution in [-0.4, -0.2) is 30.4 Å². The molecule has 0 aliphatic rings. The first kappa shape index (κ1) is 22.4. The number of benzene rings is 2. The Hall–Kier alpha value is -2.93. The topological polar surface area (TPSA) is 84.5 Å². The minimum atomic E-state index is -0.917. The highest BCUT2D eigenvalue weighted by atomic mass is 35.5. The van der Waals surface area contributed by atoms with Crippen LogP contribution in [0.15, 0.2) is 48.5 Å². The number of ether oxygens (including phenoxy) is 1. The van der Waals surface area contributed by atoms with Gasteiger partial charge in [0.1, 0.15) is 11.9 Å². The van der Waals surface area contributed by atoms with Gasteiger partial charge in [-0.25, -0.2) is 9.18 Å². The van der Waals surface area contributed by atoms with Gasteiger partial charge in [0.25, 0.3) is 11.8 Å². The van der Waals surface area contributed by atoms with Crippen molar-refractivity contribution < 1.29 is 23.5 Å². The molecule has 154 valence electrons. The minimum Gasteiger partial charge on any atom is -0.454 e. The van der Waals surface area contributed by atoms with Crippen molar-refractivity contribution in [1.82, 2.24) is 5.32 Å². The second-order valence-corrected chi connectivity index (χ2v) is 7.27. The monoisotopic (exact) mass is 420 g/mol. The number of anilines is 1. The second kappa shape index (κ2) is 10.6. The summed E-state index contributed by atoms with van der Waals surface area (Å²) in [6, 6.07) is 10.7. The number of carbonyl (C=O) groups excluding carboxylic acids is 3. The first-order chi connectivity index (χ1) is 13.7. The summed E-state index contributed by atoms with van der Waals surface area (Å²) in [5, 5.41) is 5.55. The highest BCUT2D eigenvalue weighted by Gasteiger charge is 2.24. The molecule has 0 radical (unpaired) electrons. The summed E-state index contributed by atoms with van der Waals surface area (Å²) in [6.45, 7) is 3.23. The van der Waals surface area contributed by atoms with Crippen molar-refractivity contribution in [2.75, 3.05) is 11.9 Å². The summed E-state index contributed by atoms with van der Waals surface area (Å²) in [6.07, 6.45) is 0.337. The van der Waals surface area contributed by atoms with Crippen LogP contribution in [0.4, 0.5) is 10.1 Å². The molecule has 1 atom stereocenters. The van der Waals surface area contributed by atoms with Crippen molar-refractivity contribution >= 4 is 35.1 Å². The maximum absolute atomic E-state index is 13.2. The van der Waals surface area contributed by atoms with E-state index in [9.17, 15) is 18.8 Å². The molecule has 0 spiro atoms. The molecule has 0 aromatic heterocycles. The molecule has 0 saturated heterocycles. The molecule has 0 aliphatic carbocycles. The zero-order valence-electron chi connectivity index (χ0n) is 16.1. The summed E-state index contributed by atoms with van der Waals surface area (Å²) in [7, 11) is 0. The molecular weight excluding hydrogens is 399 g/mol. The van der Waals surface area contributed by atoms with Crippen LogP contribution in [0.5, 0.6) is 0 Å². The summed E-state index contributed by atoms with van der Waals surface area (Å²) in [4.78, 5) is 36.7. The molecular formula is C21H22ClFN2O4. The standard InChI is InChI=1S/C21H22ClFN2O4/c1-13(2)10-18(25-20(27)14-6-8-15(22)9-7-14)21(28)29-12-19(26)24-17-5-3-4-16(23)11-17/h3-9,11,13,18H,10,12H2,1-2H3,(H,24,26)(H,25,27)/t18-/m1/s1. The summed E-state index contributed by atoms with van der Waals surface area (Å²) < 4.78 is 18.2. The van der Waals surface area contributed by atoms with Crippen molar-refractivity contribution in [3.63, 3.8) is 0 Å². The number of halogens is 2. The Morgan fingerprint density at radius 2 is 1.79 bits per heavy atom. The van der Waals surface area contributed by atoms with Gasteiger partial charge in [0, 0.05) is 16.3 Å². The van der Waals surface area contributed by atoms with Crippen LogP contribution in [0.3, 0.4) is 0 Å². The molecule has 2 aromatic carbocycles. The Morgan fingerprint density at radius 1 is 1.10 bits per heavy atom. The fourth-order valence-electron chi connectivity index (χ4n) is 2.53. The summed E-state index contributed by atoms with van der Waals surface area (Å²) >= 11 is 5.81. The van der Waals surface area contributed by atoms with Crippen LogP contribution in [0.1, 0.15) is 30.6 Å². The molecule has 0 unspecified atom stereocenters. The lowest BCUT2D eigenvalue weighted by molar-refractivity contribution is -0.149. The van der Waals surface area contributed by atoms with E-state index in [0.717, 1.165) is 6.07 Å². The summed E-state index contributed by atoms with van der Waals surface area (Å²) in [5.74, 6) is -2.19. The lowest BCUT2D eigenvalue weighted by Crippen LogP contribution is -2.43. The quantitative estimate of drug-likeness (QED) is 0.636. The van der Waals surface area contributed by atoms with Crippen LogP contribution >= 0.6 is 11.6 Å². The second-order valence-electron chi connectivity index (χ2n) is 6.83. The number of amides is 2. The Morgan fingerprint density at radius 3 is 2.41 bits per heavy atom. The lowest BCUT2D eigenvalue weighted by atomic mass is 10.0. The number of nitrogens with one attached hydrogen (secondary N) is 2. The van der Waals surface area contributed by atoms with E-state index in [1.807, 2.05) is 13.8 Å². The molecule has 0 bridgehead atoms. The number of esters is 1. The average Bonchev–Trinajstić information content (AvgIpc) is 2.65. The Bertz CT molecular complexity index is 871. The smallest absolute Gasteiger partial charge is 0.329 e. The van der Waals surface area contributed by atoms with E-state index < -0.39 is 36.2 Å². The Kier molecular flexibility index (Phi) is 8.15. The van der Waals surface area contributed by atoms with Gasteiger partial charge in [0.2, 0.25) is 0 Å². The lowest BCUT2D eigenvalue weighted by Gasteiger charge is -2.19. The molecule has 2 rings (SSSR count). The van der Waals surface area contributed by atoms with E-state index in [-0.39, 0.29) is 11.6 Å². The van der Waals surface area contributed by atoms with Gasteiger partial charge in [-0.3, -0.25) is 9.59 Å². The molecule has 0 saturated carbocycles. The van der Waals surface area contributed by atoms with E-state index in [2.05, 4.69) is 10.6 Å². The van der Waals surface area contributed by atoms with Crippen LogP contribution in [0, 0.1) is 11.7 Å². The SMILES string of the molecule is CC(C)C[C@@H](NC(=O)c1ccc(Cl)cc1)C(=O)OCC(=O)Nc1cccc(F)c1. The maximum atomic E-state index is 13.2. The molecule has 8 heteroatoms.